The zero-order valence-electron chi connectivity index (χ0n) is 14.6. The molecule has 1 saturated heterocycles. The second-order valence-corrected chi connectivity index (χ2v) is 8.46. The van der Waals surface area contributed by atoms with Gasteiger partial charge in [0.05, 0.1) is 12.3 Å². The van der Waals surface area contributed by atoms with Crippen molar-refractivity contribution in [2.24, 2.45) is 0 Å². The van der Waals surface area contributed by atoms with Crippen LogP contribution in [0.3, 0.4) is 0 Å². The van der Waals surface area contributed by atoms with E-state index >= 15 is 0 Å². The largest absolute Gasteiger partial charge is 0.293 e. The van der Waals surface area contributed by atoms with Crippen molar-refractivity contribution in [3.05, 3.63) is 71.3 Å². The Hall–Kier alpha value is -2.16. The molecule has 1 heterocycles. The lowest BCUT2D eigenvalue weighted by atomic mass is 10.1. The van der Waals surface area contributed by atoms with Crippen molar-refractivity contribution in [1.29, 1.82) is 0 Å². The minimum atomic E-state index is -3.50. The predicted molar refractivity (Wildman–Crippen MR) is 97.8 cm³/mol. The number of benzene rings is 2. The summed E-state index contributed by atoms with van der Waals surface area (Å²) in [6, 6.07) is 10.8. The summed E-state index contributed by atoms with van der Waals surface area (Å²) in [7, 11) is -3.50. The molecule has 0 spiro atoms. The molecule has 3 rings (SSSR count). The third-order valence-electron chi connectivity index (χ3n) is 4.52. The van der Waals surface area contributed by atoms with Crippen LogP contribution in [0.2, 0.25) is 0 Å². The molecule has 0 N–H and O–H groups in total. The van der Waals surface area contributed by atoms with Crippen LogP contribution >= 0.6 is 0 Å². The molecule has 0 bridgehead atoms. The highest BCUT2D eigenvalue weighted by Gasteiger charge is 2.28. The first kappa shape index (κ1) is 19.6. The average molecular weight is 394 g/mol. The van der Waals surface area contributed by atoms with E-state index in [0.717, 1.165) is 0 Å². The van der Waals surface area contributed by atoms with Crippen molar-refractivity contribution in [3.8, 4) is 0 Å². The molecule has 1 fully saturated rings. The number of carbonyl (C=O) groups excluding carboxylic acids is 1. The van der Waals surface area contributed by atoms with Crippen molar-refractivity contribution in [3.63, 3.8) is 0 Å². The monoisotopic (exact) mass is 394 g/mol. The van der Waals surface area contributed by atoms with Gasteiger partial charge in [0, 0.05) is 31.7 Å². The summed E-state index contributed by atoms with van der Waals surface area (Å²) in [6.45, 7) is 1.63. The normalized spacial score (nSPS) is 16.4. The zero-order valence-corrected chi connectivity index (χ0v) is 15.5. The Labute approximate surface area is 157 Å². The van der Waals surface area contributed by atoms with Gasteiger partial charge in [-0.1, -0.05) is 12.1 Å². The van der Waals surface area contributed by atoms with Crippen LogP contribution in [0.1, 0.15) is 15.9 Å². The number of halogens is 2. The van der Waals surface area contributed by atoms with Crippen LogP contribution in [0.25, 0.3) is 0 Å². The number of nitrogens with zero attached hydrogens (tertiary/aromatic N) is 2. The smallest absolute Gasteiger partial charge is 0.218 e. The minimum Gasteiger partial charge on any atom is -0.293 e. The molecule has 0 radical (unpaired) electrons. The quantitative estimate of drug-likeness (QED) is 0.706. The molecular formula is C19H20F2N2O3S. The minimum absolute atomic E-state index is 0.127. The maximum absolute atomic E-state index is 13.0. The van der Waals surface area contributed by atoms with Gasteiger partial charge in [-0.15, -0.1) is 0 Å². The molecule has 0 amide bonds. The SMILES string of the molecule is O=C(CN1CCN(S(=O)(=O)Cc2ccc(F)cc2)CC1)c1ccc(F)cc1. The first-order valence-electron chi connectivity index (χ1n) is 8.57. The molecule has 0 unspecified atom stereocenters. The van der Waals surface area contributed by atoms with Crippen molar-refractivity contribution < 1.29 is 22.0 Å². The molecule has 2 aromatic rings. The first-order valence-corrected chi connectivity index (χ1v) is 10.2. The van der Waals surface area contributed by atoms with Gasteiger partial charge in [0.15, 0.2) is 5.78 Å². The fourth-order valence-corrected chi connectivity index (χ4v) is 4.49. The van der Waals surface area contributed by atoms with Crippen molar-refractivity contribution in [1.82, 2.24) is 9.21 Å². The summed E-state index contributed by atoms with van der Waals surface area (Å²) in [4.78, 5) is 14.1. The van der Waals surface area contributed by atoms with Crippen LogP contribution in [-0.4, -0.2) is 56.1 Å². The Balaban J connectivity index is 1.54. The lowest BCUT2D eigenvalue weighted by Crippen LogP contribution is -2.50. The van der Waals surface area contributed by atoms with E-state index in [1.54, 1.807) is 0 Å². The van der Waals surface area contributed by atoms with Gasteiger partial charge >= 0.3 is 0 Å². The predicted octanol–water partition coefficient (Wildman–Crippen LogP) is 2.30. The van der Waals surface area contributed by atoms with E-state index < -0.39 is 21.7 Å². The molecule has 0 atom stereocenters. The van der Waals surface area contributed by atoms with E-state index in [1.165, 1.54) is 52.8 Å². The molecule has 1 aliphatic rings. The van der Waals surface area contributed by atoms with Gasteiger partial charge in [-0.25, -0.2) is 17.2 Å². The second-order valence-electron chi connectivity index (χ2n) is 6.49. The Kier molecular flexibility index (Phi) is 5.98. The van der Waals surface area contributed by atoms with Gasteiger partial charge in [0.25, 0.3) is 0 Å². The average Bonchev–Trinajstić information content (AvgIpc) is 2.64. The van der Waals surface area contributed by atoms with Crippen LogP contribution in [0.4, 0.5) is 8.78 Å². The van der Waals surface area contributed by atoms with E-state index in [2.05, 4.69) is 0 Å². The first-order chi connectivity index (χ1) is 12.8. The van der Waals surface area contributed by atoms with Crippen LogP contribution in [-0.2, 0) is 15.8 Å². The van der Waals surface area contributed by atoms with Gasteiger partial charge in [0.1, 0.15) is 11.6 Å². The standard InChI is InChI=1S/C19H20F2N2O3S/c20-17-5-1-15(2-6-17)14-27(25,26)23-11-9-22(10-12-23)13-19(24)16-3-7-18(21)8-4-16/h1-8H,9-14H2. The number of rotatable bonds is 6. The Morgan fingerprint density at radius 2 is 1.37 bits per heavy atom. The third-order valence-corrected chi connectivity index (χ3v) is 6.37. The van der Waals surface area contributed by atoms with Crippen molar-refractivity contribution >= 4 is 15.8 Å². The number of sulfonamides is 1. The Morgan fingerprint density at radius 1 is 0.852 bits per heavy atom. The van der Waals surface area contributed by atoms with Gasteiger partial charge in [-0.05, 0) is 42.0 Å². The third kappa shape index (κ3) is 5.18. The second kappa shape index (κ2) is 8.24. The number of Topliss-reactive ketones (excluding diaryl/α,β-unsaturated/α-hetero) is 1. The topological polar surface area (TPSA) is 57.7 Å². The fraction of sp³-hybridized carbons (Fsp3) is 0.316. The molecule has 144 valence electrons. The highest BCUT2D eigenvalue weighted by molar-refractivity contribution is 7.88. The molecule has 0 aliphatic carbocycles. The van der Waals surface area contributed by atoms with E-state index in [-0.39, 0.29) is 18.1 Å². The molecule has 8 heteroatoms. The van der Waals surface area contributed by atoms with E-state index in [9.17, 15) is 22.0 Å². The van der Waals surface area contributed by atoms with Crippen LogP contribution in [0, 0.1) is 11.6 Å². The maximum Gasteiger partial charge on any atom is 0.218 e. The molecule has 27 heavy (non-hydrogen) atoms. The van der Waals surface area contributed by atoms with Crippen LogP contribution < -0.4 is 0 Å². The Bertz CT molecular complexity index is 892. The molecule has 1 aliphatic heterocycles. The summed E-state index contributed by atoms with van der Waals surface area (Å²) in [6.07, 6.45) is 0. The fourth-order valence-electron chi connectivity index (χ4n) is 2.98. The lowest BCUT2D eigenvalue weighted by molar-refractivity contribution is 0.0901. The molecule has 2 aromatic carbocycles. The molecule has 0 saturated carbocycles. The summed E-state index contributed by atoms with van der Waals surface area (Å²) in [5.41, 5.74) is 0.966. The number of hydrogen-bond donors (Lipinski definition) is 0. The summed E-state index contributed by atoms with van der Waals surface area (Å²) >= 11 is 0. The van der Waals surface area contributed by atoms with E-state index in [0.29, 0.717) is 37.3 Å². The summed E-state index contributed by atoms with van der Waals surface area (Å²) < 4.78 is 52.4. The lowest BCUT2D eigenvalue weighted by Gasteiger charge is -2.33. The number of carbonyl (C=O) groups is 1. The van der Waals surface area contributed by atoms with Crippen LogP contribution in [0.15, 0.2) is 48.5 Å². The number of piperazine rings is 1. The van der Waals surface area contributed by atoms with Gasteiger partial charge in [-0.3, -0.25) is 9.69 Å². The van der Waals surface area contributed by atoms with E-state index in [4.69, 9.17) is 0 Å². The summed E-state index contributed by atoms with van der Waals surface area (Å²) in [5.74, 6) is -1.11. The Morgan fingerprint density at radius 3 is 1.93 bits per heavy atom. The van der Waals surface area contributed by atoms with Gasteiger partial charge in [0.2, 0.25) is 10.0 Å². The van der Waals surface area contributed by atoms with Crippen molar-refractivity contribution in [2.75, 3.05) is 32.7 Å². The molecule has 0 aromatic heterocycles. The van der Waals surface area contributed by atoms with Gasteiger partial charge in [-0.2, -0.15) is 4.31 Å². The summed E-state index contributed by atoms with van der Waals surface area (Å²) in [5, 5.41) is 0. The zero-order chi connectivity index (χ0) is 19.4. The number of hydrogen-bond acceptors (Lipinski definition) is 4. The number of ketones is 1. The highest BCUT2D eigenvalue weighted by atomic mass is 32.2. The van der Waals surface area contributed by atoms with Crippen LogP contribution in [0.5, 0.6) is 0 Å². The molecule has 5 nitrogen and oxygen atoms in total. The van der Waals surface area contributed by atoms with E-state index in [1.807, 2.05) is 4.90 Å². The highest BCUT2D eigenvalue weighted by Crippen LogP contribution is 2.15. The van der Waals surface area contributed by atoms with Gasteiger partial charge < -0.3 is 0 Å². The molecular weight excluding hydrogens is 374 g/mol. The van der Waals surface area contributed by atoms with Crippen molar-refractivity contribution in [2.45, 2.75) is 5.75 Å². The maximum atomic E-state index is 13.0.